The molecule has 0 nitrogen and oxygen atoms in total. The first-order chi connectivity index (χ1) is 8.27. The van der Waals surface area contributed by atoms with E-state index >= 15 is 0 Å². The molecule has 0 fully saturated rings. The number of hydrogen-bond acceptors (Lipinski definition) is 0. The van der Waals surface area contributed by atoms with Crippen molar-refractivity contribution < 1.29 is 16.3 Å². The molecule has 0 aromatic heterocycles. The van der Waals surface area contributed by atoms with Crippen LogP contribution in [0.15, 0.2) is 48.5 Å². The van der Waals surface area contributed by atoms with E-state index in [2.05, 4.69) is 69.9 Å². The van der Waals surface area contributed by atoms with E-state index in [0.29, 0.717) is 5.92 Å². The second-order valence-electron chi connectivity index (χ2n) is 4.07. The van der Waals surface area contributed by atoms with Gasteiger partial charge in [-0.05, 0) is 17.0 Å². The number of benzene rings is 2. The average Bonchev–Trinajstić information content (AvgIpc) is 2.42. The molecule has 0 spiro atoms. The predicted octanol–water partition coefficient (Wildman–Crippen LogP) is 5.12. The van der Waals surface area contributed by atoms with E-state index in [1.54, 1.807) is 0 Å². The van der Waals surface area contributed by atoms with Crippen LogP contribution in [0.4, 0.5) is 0 Å². The molecule has 2 heteroatoms. The van der Waals surface area contributed by atoms with Gasteiger partial charge >= 0.3 is 30.0 Å². The van der Waals surface area contributed by atoms with Gasteiger partial charge in [-0.1, -0.05) is 38.1 Å². The Hall–Kier alpha value is -0.457. The Labute approximate surface area is 120 Å². The second kappa shape index (κ2) is 7.79. The molecule has 0 atom stereocenters. The average molecular weight is 341 g/mol. The molecule has 0 N–H and O–H groups in total. The molecule has 0 aliphatic carbocycles. The van der Waals surface area contributed by atoms with Crippen LogP contribution in [0.5, 0.6) is 0 Å². The van der Waals surface area contributed by atoms with E-state index in [9.17, 15) is 0 Å². The molecule has 2 aromatic rings. The quantitative estimate of drug-likeness (QED) is 0.526. The fourth-order valence-electron chi connectivity index (χ4n) is 1.66. The SMILES string of the molecule is CC(C)c1cccc(-c2cc[c-]cc2)c1.[Zn+][Br]. The fourth-order valence-corrected chi connectivity index (χ4v) is 1.66. The van der Waals surface area contributed by atoms with Gasteiger partial charge in [0.1, 0.15) is 0 Å². The van der Waals surface area contributed by atoms with Gasteiger partial charge in [0.05, 0.1) is 0 Å². The summed E-state index contributed by atoms with van der Waals surface area (Å²) in [5, 5.41) is 0. The molecule has 2 rings (SSSR count). The third-order valence-corrected chi connectivity index (χ3v) is 2.60. The van der Waals surface area contributed by atoms with Crippen LogP contribution in [-0.4, -0.2) is 0 Å². The second-order valence-corrected chi connectivity index (χ2v) is 4.07. The van der Waals surface area contributed by atoms with Crippen molar-refractivity contribution in [2.24, 2.45) is 0 Å². The molecule has 2 aromatic carbocycles. The molecule has 84 valence electrons. The summed E-state index contributed by atoms with van der Waals surface area (Å²) in [5.74, 6) is 0.584. The molecule has 0 saturated carbocycles. The molecular weight excluding hydrogens is 325 g/mol. The Balaban J connectivity index is 0.000000686. The normalized spacial score (nSPS) is 9.76. The first-order valence-corrected chi connectivity index (χ1v) is 12.6. The van der Waals surface area contributed by atoms with E-state index in [1.165, 1.54) is 33.0 Å². The van der Waals surface area contributed by atoms with E-state index in [0.717, 1.165) is 0 Å². The van der Waals surface area contributed by atoms with Crippen LogP contribution in [0.25, 0.3) is 11.1 Å². The van der Waals surface area contributed by atoms with Crippen molar-refractivity contribution >= 4 is 13.6 Å². The summed E-state index contributed by atoms with van der Waals surface area (Å²) in [6.45, 7) is 4.44. The number of hydrogen-bond donors (Lipinski definition) is 0. The van der Waals surface area contributed by atoms with Gasteiger partial charge in [0.2, 0.25) is 0 Å². The van der Waals surface area contributed by atoms with Gasteiger partial charge in [0, 0.05) is 0 Å². The molecule has 0 aliphatic heterocycles. The van der Waals surface area contributed by atoms with Crippen molar-refractivity contribution in [3.8, 4) is 11.1 Å². The first-order valence-electron chi connectivity index (χ1n) is 5.60. The Bertz CT molecular complexity index is 438. The van der Waals surface area contributed by atoms with Gasteiger partial charge in [-0.3, -0.25) is 0 Å². The third kappa shape index (κ3) is 4.37. The van der Waals surface area contributed by atoms with Crippen LogP contribution in [0, 0.1) is 6.07 Å². The van der Waals surface area contributed by atoms with Gasteiger partial charge in [-0.25, -0.2) is 0 Å². The number of rotatable bonds is 2. The monoisotopic (exact) mass is 338 g/mol. The molecule has 0 bridgehead atoms. The fraction of sp³-hybridized carbons (Fsp3) is 0.200. The molecule has 0 unspecified atom stereocenters. The van der Waals surface area contributed by atoms with Gasteiger partial charge in [0.15, 0.2) is 0 Å². The maximum atomic E-state index is 3.06. The van der Waals surface area contributed by atoms with Crippen molar-refractivity contribution in [3.05, 3.63) is 60.2 Å². The van der Waals surface area contributed by atoms with Gasteiger partial charge in [-0.2, -0.15) is 30.3 Å². The van der Waals surface area contributed by atoms with Crippen LogP contribution < -0.4 is 0 Å². The predicted molar refractivity (Wildman–Crippen MR) is 73.7 cm³/mol. The summed E-state index contributed by atoms with van der Waals surface area (Å²) in [4.78, 5) is 0. The first kappa shape index (κ1) is 14.6. The van der Waals surface area contributed by atoms with Gasteiger partial charge in [0.25, 0.3) is 0 Å². The molecule has 17 heavy (non-hydrogen) atoms. The summed E-state index contributed by atoms with van der Waals surface area (Å²) >= 11 is 4.25. The zero-order valence-corrected chi connectivity index (χ0v) is 14.8. The van der Waals surface area contributed by atoms with Gasteiger partial charge < -0.3 is 0 Å². The molecule has 0 heterocycles. The van der Waals surface area contributed by atoms with Crippen molar-refractivity contribution in [1.82, 2.24) is 0 Å². The molecule has 0 aliphatic rings. The summed E-state index contributed by atoms with van der Waals surface area (Å²) in [6.07, 6.45) is 0. The van der Waals surface area contributed by atoms with Crippen molar-refractivity contribution in [3.63, 3.8) is 0 Å². The molecule has 0 radical (unpaired) electrons. The van der Waals surface area contributed by atoms with E-state index in [-0.39, 0.29) is 0 Å². The summed E-state index contributed by atoms with van der Waals surface area (Å²) in [6, 6.07) is 19.9. The topological polar surface area (TPSA) is 0 Å². The Morgan fingerprint density at radius 3 is 2.24 bits per heavy atom. The Morgan fingerprint density at radius 1 is 1.00 bits per heavy atom. The Morgan fingerprint density at radius 2 is 1.65 bits per heavy atom. The van der Waals surface area contributed by atoms with Crippen molar-refractivity contribution in [2.45, 2.75) is 19.8 Å². The summed E-state index contributed by atoms with van der Waals surface area (Å²) < 4.78 is 0. The van der Waals surface area contributed by atoms with Crippen LogP contribution >= 0.6 is 13.6 Å². The molecular formula is C15H15BrZn. The number of halogens is 1. The van der Waals surface area contributed by atoms with Crippen LogP contribution in [0.3, 0.4) is 0 Å². The van der Waals surface area contributed by atoms with E-state index in [4.69, 9.17) is 0 Å². The Kier molecular flexibility index (Phi) is 6.69. The molecule has 0 saturated heterocycles. The summed E-state index contributed by atoms with van der Waals surface area (Å²) in [5.41, 5.74) is 3.94. The van der Waals surface area contributed by atoms with Crippen LogP contribution in [0.1, 0.15) is 25.3 Å². The molecule has 0 amide bonds. The van der Waals surface area contributed by atoms with Crippen molar-refractivity contribution in [2.75, 3.05) is 0 Å². The minimum absolute atomic E-state index is 0.584. The van der Waals surface area contributed by atoms with Crippen LogP contribution in [-0.2, 0) is 16.3 Å². The van der Waals surface area contributed by atoms with Crippen molar-refractivity contribution in [1.29, 1.82) is 0 Å². The zero-order valence-electron chi connectivity index (χ0n) is 10.3. The van der Waals surface area contributed by atoms with Crippen LogP contribution in [0.2, 0.25) is 0 Å². The van der Waals surface area contributed by atoms with Gasteiger partial charge in [-0.15, -0.1) is 5.56 Å². The maximum absolute atomic E-state index is 3.06. The van der Waals surface area contributed by atoms with E-state index < -0.39 is 0 Å². The standard InChI is InChI=1S/C15H15.BrH.Zn/c1-12(2)14-9-6-10-15(11-14)13-7-4-3-5-8-13;;/h4-12H,1-2H3;1H;/q-1;;+2/p-1. The van der Waals surface area contributed by atoms with E-state index in [1.807, 2.05) is 12.1 Å². The summed E-state index contributed by atoms with van der Waals surface area (Å²) in [7, 11) is 0. The third-order valence-electron chi connectivity index (χ3n) is 2.60. The minimum atomic E-state index is 0.584. The zero-order chi connectivity index (χ0) is 12.7.